The van der Waals surface area contributed by atoms with Crippen LogP contribution < -0.4 is 5.32 Å². The third kappa shape index (κ3) is 31.9. The van der Waals surface area contributed by atoms with Crippen molar-refractivity contribution in [2.75, 3.05) is 26.4 Å². The zero-order valence-electron chi connectivity index (χ0n) is 52.9. The molecule has 12 N–H and O–H groups in total. The molecule has 0 aliphatic carbocycles. The molecule has 0 aromatic heterocycles. The molecule has 0 aromatic carbocycles. The van der Waals surface area contributed by atoms with Crippen molar-refractivity contribution in [2.24, 2.45) is 0 Å². The first kappa shape index (κ1) is 77.8. The average molecular weight is 1220 g/mol. The van der Waals surface area contributed by atoms with E-state index in [9.17, 15) is 61.0 Å². The highest BCUT2D eigenvalue weighted by Gasteiger charge is 2.53. The number of aliphatic hydroxyl groups excluding tert-OH is 11. The van der Waals surface area contributed by atoms with Gasteiger partial charge in [0.15, 0.2) is 18.9 Å². The Labute approximate surface area is 512 Å². The van der Waals surface area contributed by atoms with Crippen LogP contribution in [0.3, 0.4) is 0 Å². The van der Waals surface area contributed by atoms with Crippen LogP contribution >= 0.6 is 0 Å². The maximum absolute atomic E-state index is 13.4. The van der Waals surface area contributed by atoms with E-state index in [1.54, 1.807) is 0 Å². The summed E-state index contributed by atoms with van der Waals surface area (Å²) in [5.74, 6) is -0.244. The fourth-order valence-electron chi connectivity index (χ4n) is 12.0. The number of hydrogen-bond donors (Lipinski definition) is 12. The smallest absolute Gasteiger partial charge is 0.220 e. The maximum atomic E-state index is 13.4. The Kier molecular flexibility index (Phi) is 45.1. The lowest BCUT2D eigenvalue weighted by Gasteiger charge is -2.48. The SMILES string of the molecule is CCCCCCCC/C=C\CCCCCCCCCC(=O)NC(COC1OC(CO)C(OC2OC(CO)C(OC3OC(CO)C(O)C(O)C3O)C(O)C2O)C(O)C1O)C(O)CCCCCCCCCCCCCCCCCCCCCCCCC. The van der Waals surface area contributed by atoms with Gasteiger partial charge in [-0.1, -0.05) is 238 Å². The third-order valence-electron chi connectivity index (χ3n) is 17.6. The molecule has 19 heteroatoms. The van der Waals surface area contributed by atoms with Crippen LogP contribution in [0.1, 0.15) is 271 Å². The molecule has 0 bridgehead atoms. The van der Waals surface area contributed by atoms with E-state index >= 15 is 0 Å². The fraction of sp³-hybridized carbons (Fsp3) is 0.955. The number of nitrogens with one attached hydrogen (secondary N) is 1. The van der Waals surface area contributed by atoms with Crippen LogP contribution in [0.15, 0.2) is 12.2 Å². The van der Waals surface area contributed by atoms with Crippen molar-refractivity contribution in [1.29, 1.82) is 0 Å². The van der Waals surface area contributed by atoms with Crippen LogP contribution in [0.25, 0.3) is 0 Å². The van der Waals surface area contributed by atoms with Gasteiger partial charge in [0, 0.05) is 6.42 Å². The van der Waals surface area contributed by atoms with E-state index < -0.39 is 124 Å². The van der Waals surface area contributed by atoms with Gasteiger partial charge in [0.25, 0.3) is 0 Å². The van der Waals surface area contributed by atoms with Gasteiger partial charge < -0.3 is 89.9 Å². The number of unbranched alkanes of at least 4 members (excludes halogenated alkanes) is 35. The quantitative estimate of drug-likeness (QED) is 0.0201. The Morgan fingerprint density at radius 1 is 0.412 bits per heavy atom. The van der Waals surface area contributed by atoms with Gasteiger partial charge in [0.1, 0.15) is 73.2 Å². The van der Waals surface area contributed by atoms with Crippen molar-refractivity contribution >= 4 is 5.91 Å². The molecular formula is C66H125NO18. The molecule has 17 unspecified atom stereocenters. The summed E-state index contributed by atoms with van der Waals surface area (Å²) < 4.78 is 34.4. The van der Waals surface area contributed by atoms with Gasteiger partial charge in [-0.3, -0.25) is 4.79 Å². The normalized spacial score (nSPS) is 29.0. The number of hydrogen-bond acceptors (Lipinski definition) is 18. The molecule has 0 saturated carbocycles. The van der Waals surface area contributed by atoms with E-state index in [4.69, 9.17) is 28.4 Å². The van der Waals surface area contributed by atoms with Crippen molar-refractivity contribution in [3.8, 4) is 0 Å². The summed E-state index contributed by atoms with van der Waals surface area (Å²) in [6, 6.07) is -0.887. The molecular weight excluding hydrogens is 1090 g/mol. The monoisotopic (exact) mass is 1220 g/mol. The van der Waals surface area contributed by atoms with Crippen molar-refractivity contribution < 1.29 is 89.4 Å². The minimum atomic E-state index is -1.97. The van der Waals surface area contributed by atoms with Gasteiger partial charge in [0.05, 0.1) is 38.6 Å². The molecule has 502 valence electrons. The second-order valence-corrected chi connectivity index (χ2v) is 25.0. The first-order valence-electron chi connectivity index (χ1n) is 34.4. The summed E-state index contributed by atoms with van der Waals surface area (Å²) in [5, 5.41) is 121. The summed E-state index contributed by atoms with van der Waals surface area (Å²) in [4.78, 5) is 13.4. The van der Waals surface area contributed by atoms with Crippen LogP contribution in [0.2, 0.25) is 0 Å². The average Bonchev–Trinajstić information content (AvgIpc) is 3.10. The number of amides is 1. The zero-order chi connectivity index (χ0) is 61.9. The van der Waals surface area contributed by atoms with Crippen molar-refractivity contribution in [2.45, 2.75) is 375 Å². The summed E-state index contributed by atoms with van der Waals surface area (Å²) in [7, 11) is 0. The lowest BCUT2D eigenvalue weighted by molar-refractivity contribution is -0.379. The van der Waals surface area contributed by atoms with Gasteiger partial charge >= 0.3 is 0 Å². The molecule has 85 heavy (non-hydrogen) atoms. The highest BCUT2D eigenvalue weighted by atomic mass is 16.8. The molecule has 0 radical (unpaired) electrons. The zero-order valence-corrected chi connectivity index (χ0v) is 52.9. The Hall–Kier alpha value is -1.47. The lowest BCUT2D eigenvalue weighted by Crippen LogP contribution is -2.66. The molecule has 1 amide bonds. The molecule has 3 aliphatic heterocycles. The number of carbonyl (C=O) groups excluding carboxylic acids is 1. The second-order valence-electron chi connectivity index (χ2n) is 25.0. The minimum Gasteiger partial charge on any atom is -0.394 e. The van der Waals surface area contributed by atoms with E-state index in [1.165, 1.54) is 180 Å². The first-order valence-corrected chi connectivity index (χ1v) is 34.4. The first-order chi connectivity index (χ1) is 41.3. The lowest BCUT2D eigenvalue weighted by atomic mass is 9.96. The van der Waals surface area contributed by atoms with E-state index in [0.717, 1.165) is 57.8 Å². The van der Waals surface area contributed by atoms with Gasteiger partial charge in [-0.2, -0.15) is 0 Å². The number of carbonyl (C=O) groups is 1. The number of rotatable bonds is 53. The molecule has 3 rings (SSSR count). The van der Waals surface area contributed by atoms with Crippen LogP contribution in [0.5, 0.6) is 0 Å². The number of ether oxygens (including phenoxy) is 6. The topological polar surface area (TPSA) is 307 Å². The van der Waals surface area contributed by atoms with Gasteiger partial charge in [-0.15, -0.1) is 0 Å². The van der Waals surface area contributed by atoms with Crippen LogP contribution in [-0.4, -0.2) is 193 Å². The third-order valence-corrected chi connectivity index (χ3v) is 17.6. The highest BCUT2D eigenvalue weighted by Crippen LogP contribution is 2.33. The Balaban J connectivity index is 1.44. The summed E-state index contributed by atoms with van der Waals surface area (Å²) in [6.07, 6.45) is 25.7. The maximum Gasteiger partial charge on any atom is 0.220 e. The van der Waals surface area contributed by atoms with E-state index in [1.807, 2.05) is 0 Å². The van der Waals surface area contributed by atoms with Crippen LogP contribution in [0, 0.1) is 0 Å². The van der Waals surface area contributed by atoms with E-state index in [2.05, 4.69) is 31.3 Å². The van der Waals surface area contributed by atoms with E-state index in [-0.39, 0.29) is 18.9 Å². The molecule has 0 spiro atoms. The highest BCUT2D eigenvalue weighted by molar-refractivity contribution is 5.76. The van der Waals surface area contributed by atoms with Crippen LogP contribution in [-0.2, 0) is 33.2 Å². The Morgan fingerprint density at radius 2 is 0.741 bits per heavy atom. The summed E-state index contributed by atoms with van der Waals surface area (Å²) in [5.41, 5.74) is 0. The molecule has 3 fully saturated rings. The van der Waals surface area contributed by atoms with Crippen molar-refractivity contribution in [1.82, 2.24) is 5.32 Å². The molecule has 19 nitrogen and oxygen atoms in total. The Bertz CT molecular complexity index is 1600. The van der Waals surface area contributed by atoms with Crippen molar-refractivity contribution in [3.63, 3.8) is 0 Å². The predicted molar refractivity (Wildman–Crippen MR) is 328 cm³/mol. The Morgan fingerprint density at radius 3 is 1.14 bits per heavy atom. The number of aliphatic hydroxyl groups is 11. The molecule has 3 heterocycles. The van der Waals surface area contributed by atoms with Gasteiger partial charge in [-0.25, -0.2) is 0 Å². The summed E-state index contributed by atoms with van der Waals surface area (Å²) in [6.45, 7) is 1.82. The van der Waals surface area contributed by atoms with Crippen LogP contribution in [0.4, 0.5) is 0 Å². The van der Waals surface area contributed by atoms with Gasteiger partial charge in [-0.05, 0) is 38.5 Å². The van der Waals surface area contributed by atoms with E-state index in [0.29, 0.717) is 12.8 Å². The molecule has 0 aromatic rings. The molecule has 3 aliphatic rings. The number of allylic oxidation sites excluding steroid dienone is 2. The summed E-state index contributed by atoms with van der Waals surface area (Å²) >= 11 is 0. The largest absolute Gasteiger partial charge is 0.394 e. The molecule has 3 saturated heterocycles. The standard InChI is InChI=1S/C66H125NO18/c1-3-5-7-9-11-13-15-17-19-21-22-23-24-25-26-28-29-31-33-35-37-39-41-43-50(71)49(67-54(72)44-42-40-38-36-34-32-30-27-20-18-16-14-12-10-8-6-4-2)48-80-64-60(78)57(75)62(52(46-69)82-64)85-66-61(79)58(76)63(53(47-70)83-66)84-65-59(77)56(74)55(73)51(45-68)81-65/h18,20,49-53,55-66,68-71,73-79H,3-17,19,21-48H2,1-2H3,(H,67,72)/b20-18-. The fourth-order valence-corrected chi connectivity index (χ4v) is 12.0. The van der Waals surface area contributed by atoms with Gasteiger partial charge in [0.2, 0.25) is 5.91 Å². The molecule has 17 atom stereocenters. The predicted octanol–water partition coefficient (Wildman–Crippen LogP) is 8.50. The van der Waals surface area contributed by atoms with Crippen molar-refractivity contribution in [3.05, 3.63) is 12.2 Å². The second kappa shape index (κ2) is 49.3. The minimum absolute atomic E-state index is 0.244.